The second-order valence-corrected chi connectivity index (χ2v) is 8.45. The molecule has 5 rings (SSSR count). The summed E-state index contributed by atoms with van der Waals surface area (Å²) in [5.74, 6) is 3.01. The van der Waals surface area contributed by atoms with Gasteiger partial charge in [-0.3, -0.25) is 23.9 Å². The highest BCUT2D eigenvalue weighted by Crippen LogP contribution is 2.23. The zero-order chi connectivity index (χ0) is 25.1. The minimum atomic E-state index is -0.322. The molecule has 0 radical (unpaired) electrons. The number of benzene rings is 3. The van der Waals surface area contributed by atoms with Crippen LogP contribution in [0.3, 0.4) is 0 Å². The third-order valence-electron chi connectivity index (χ3n) is 6.25. The van der Waals surface area contributed by atoms with E-state index in [1.165, 1.54) is 4.90 Å². The van der Waals surface area contributed by atoms with Gasteiger partial charge in [-0.1, -0.05) is 42.3 Å². The molecule has 3 aromatic carbocycles. The van der Waals surface area contributed by atoms with Crippen molar-refractivity contribution < 1.29 is 14.3 Å². The predicted molar refractivity (Wildman–Crippen MR) is 136 cm³/mol. The van der Waals surface area contributed by atoms with Gasteiger partial charge in [0.2, 0.25) is 0 Å². The summed E-state index contributed by atoms with van der Waals surface area (Å²) in [5, 5.41) is 0.528. The fraction of sp³-hybridized carbons (Fsp3) is 0.172. The summed E-state index contributed by atoms with van der Waals surface area (Å²) in [6.07, 6.45) is 6.10. The number of aromatic nitrogens is 2. The van der Waals surface area contributed by atoms with E-state index in [4.69, 9.17) is 16.1 Å². The van der Waals surface area contributed by atoms with E-state index >= 15 is 0 Å². The fourth-order valence-corrected chi connectivity index (χ4v) is 4.41. The molecule has 7 heteroatoms. The van der Waals surface area contributed by atoms with E-state index in [9.17, 15) is 14.4 Å². The number of carbonyl (C=O) groups excluding carboxylic acids is 2. The number of rotatable bonds is 8. The SMILES string of the molecule is C#CCOc1ccc(CCn2c(CCN3C(=O)c4ccccc4C3=O)nc3ccccc3c2=O)cc1. The average Bonchev–Trinajstić information content (AvgIpc) is 3.15. The van der Waals surface area contributed by atoms with Crippen molar-refractivity contribution in [1.82, 2.24) is 14.5 Å². The molecule has 0 fully saturated rings. The van der Waals surface area contributed by atoms with Gasteiger partial charge in [0.15, 0.2) is 0 Å². The lowest BCUT2D eigenvalue weighted by atomic mass is 10.1. The molecule has 178 valence electrons. The van der Waals surface area contributed by atoms with E-state index in [0.29, 0.717) is 46.6 Å². The molecular weight excluding hydrogens is 454 g/mol. The minimum Gasteiger partial charge on any atom is -0.481 e. The second-order valence-electron chi connectivity index (χ2n) is 8.45. The summed E-state index contributed by atoms with van der Waals surface area (Å²) in [6.45, 7) is 0.741. The first-order valence-corrected chi connectivity index (χ1v) is 11.7. The maximum Gasteiger partial charge on any atom is 0.261 e. The Morgan fingerprint density at radius 3 is 2.17 bits per heavy atom. The largest absolute Gasteiger partial charge is 0.481 e. The number of nitrogens with zero attached hydrogens (tertiary/aromatic N) is 3. The summed E-state index contributed by atoms with van der Waals surface area (Å²) in [6, 6.07) is 21.5. The lowest BCUT2D eigenvalue weighted by Crippen LogP contribution is -2.34. The van der Waals surface area contributed by atoms with Crippen molar-refractivity contribution in [3.05, 3.63) is 106 Å². The Labute approximate surface area is 208 Å². The lowest BCUT2D eigenvalue weighted by Gasteiger charge is -2.17. The summed E-state index contributed by atoms with van der Waals surface area (Å²) >= 11 is 0. The van der Waals surface area contributed by atoms with Crippen LogP contribution in [-0.4, -0.2) is 39.4 Å². The monoisotopic (exact) mass is 477 g/mol. The van der Waals surface area contributed by atoms with Crippen LogP contribution in [0.2, 0.25) is 0 Å². The number of hydrogen-bond donors (Lipinski definition) is 0. The van der Waals surface area contributed by atoms with Gasteiger partial charge in [0.05, 0.1) is 22.0 Å². The molecule has 36 heavy (non-hydrogen) atoms. The molecule has 1 aliphatic heterocycles. The summed E-state index contributed by atoms with van der Waals surface area (Å²) in [5.41, 5.74) is 2.27. The van der Waals surface area contributed by atoms with E-state index in [1.807, 2.05) is 36.4 Å². The summed E-state index contributed by atoms with van der Waals surface area (Å²) < 4.78 is 7.06. The number of aryl methyl sites for hydroxylation is 1. The molecule has 0 atom stereocenters. The standard InChI is InChI=1S/C29H23N3O4/c1-2-19-36-21-13-11-20(12-14-21)15-17-31-26(30-25-10-6-5-9-24(25)29(31)35)16-18-32-27(33)22-7-3-4-8-23(22)28(32)34/h1,3-14H,15-19H2. The molecule has 0 bridgehead atoms. The molecule has 0 spiro atoms. The smallest absolute Gasteiger partial charge is 0.261 e. The minimum absolute atomic E-state index is 0.137. The number of hydrogen-bond acceptors (Lipinski definition) is 5. The first-order chi connectivity index (χ1) is 17.6. The van der Waals surface area contributed by atoms with E-state index in [2.05, 4.69) is 5.92 Å². The molecule has 0 N–H and O–H groups in total. The van der Waals surface area contributed by atoms with Crippen molar-refractivity contribution in [2.75, 3.05) is 13.2 Å². The number of ether oxygens (including phenoxy) is 1. The van der Waals surface area contributed by atoms with Crippen LogP contribution in [0.1, 0.15) is 32.1 Å². The molecule has 2 heterocycles. The molecule has 4 aromatic rings. The van der Waals surface area contributed by atoms with E-state index in [0.717, 1.165) is 5.56 Å². The molecule has 0 saturated heterocycles. The Balaban J connectivity index is 1.39. The van der Waals surface area contributed by atoms with E-state index < -0.39 is 0 Å². The third kappa shape index (κ3) is 4.37. The molecule has 7 nitrogen and oxygen atoms in total. The number of amides is 2. The zero-order valence-electron chi connectivity index (χ0n) is 19.5. The van der Waals surface area contributed by atoms with E-state index in [-0.39, 0.29) is 36.9 Å². The van der Waals surface area contributed by atoms with Crippen molar-refractivity contribution in [3.63, 3.8) is 0 Å². The maximum atomic E-state index is 13.4. The van der Waals surface area contributed by atoms with Crippen molar-refractivity contribution in [3.8, 4) is 18.1 Å². The van der Waals surface area contributed by atoms with Gasteiger partial charge in [-0.25, -0.2) is 4.98 Å². The Bertz CT molecular complexity index is 1530. The number of terminal acetylenes is 1. The van der Waals surface area contributed by atoms with Crippen LogP contribution in [0.5, 0.6) is 5.75 Å². The lowest BCUT2D eigenvalue weighted by molar-refractivity contribution is 0.0655. The molecule has 1 aromatic heterocycles. The fourth-order valence-electron chi connectivity index (χ4n) is 4.41. The molecule has 2 amide bonds. The topological polar surface area (TPSA) is 81.5 Å². The maximum absolute atomic E-state index is 13.4. The molecule has 1 aliphatic rings. The van der Waals surface area contributed by atoms with Crippen LogP contribution >= 0.6 is 0 Å². The van der Waals surface area contributed by atoms with Gasteiger partial charge in [-0.05, 0) is 48.4 Å². The van der Waals surface area contributed by atoms with Gasteiger partial charge in [0, 0.05) is 19.5 Å². The Morgan fingerprint density at radius 1 is 0.806 bits per heavy atom. The van der Waals surface area contributed by atoms with Crippen LogP contribution in [0.4, 0.5) is 0 Å². The first-order valence-electron chi connectivity index (χ1n) is 11.7. The van der Waals surface area contributed by atoms with Crippen LogP contribution in [0, 0.1) is 12.3 Å². The van der Waals surface area contributed by atoms with Crippen LogP contribution in [-0.2, 0) is 19.4 Å². The Kier molecular flexibility index (Phi) is 6.33. The predicted octanol–water partition coefficient (Wildman–Crippen LogP) is 3.49. The van der Waals surface area contributed by atoms with Crippen molar-refractivity contribution >= 4 is 22.7 Å². The number of fused-ring (bicyclic) bond motifs is 2. The van der Waals surface area contributed by atoms with Gasteiger partial charge >= 0.3 is 0 Å². The molecule has 0 unspecified atom stereocenters. The average molecular weight is 478 g/mol. The van der Waals surface area contributed by atoms with Crippen molar-refractivity contribution in [2.24, 2.45) is 0 Å². The van der Waals surface area contributed by atoms with Gasteiger partial charge in [0.1, 0.15) is 18.2 Å². The highest BCUT2D eigenvalue weighted by atomic mass is 16.5. The quantitative estimate of drug-likeness (QED) is 0.287. The highest BCUT2D eigenvalue weighted by molar-refractivity contribution is 6.21. The Hall–Kier alpha value is -4.70. The van der Waals surface area contributed by atoms with Gasteiger partial charge < -0.3 is 4.74 Å². The van der Waals surface area contributed by atoms with Gasteiger partial charge in [-0.2, -0.15) is 0 Å². The van der Waals surface area contributed by atoms with Gasteiger partial charge in [0.25, 0.3) is 17.4 Å². The van der Waals surface area contributed by atoms with Crippen LogP contribution in [0.15, 0.2) is 77.6 Å². The number of imide groups is 1. The highest BCUT2D eigenvalue weighted by Gasteiger charge is 2.34. The number of carbonyl (C=O) groups is 2. The van der Waals surface area contributed by atoms with Crippen molar-refractivity contribution in [2.45, 2.75) is 19.4 Å². The van der Waals surface area contributed by atoms with Crippen molar-refractivity contribution in [1.29, 1.82) is 0 Å². The number of para-hydroxylation sites is 1. The zero-order valence-corrected chi connectivity index (χ0v) is 19.5. The molecule has 0 aliphatic carbocycles. The van der Waals surface area contributed by atoms with Gasteiger partial charge in [-0.15, -0.1) is 6.42 Å². The van der Waals surface area contributed by atoms with Crippen LogP contribution in [0.25, 0.3) is 10.9 Å². The third-order valence-corrected chi connectivity index (χ3v) is 6.25. The normalized spacial score (nSPS) is 12.6. The van der Waals surface area contributed by atoms with E-state index in [1.54, 1.807) is 41.0 Å². The molecular formula is C29H23N3O4. The summed E-state index contributed by atoms with van der Waals surface area (Å²) in [7, 11) is 0. The first kappa shape index (κ1) is 23.1. The Morgan fingerprint density at radius 2 is 1.47 bits per heavy atom. The molecule has 0 saturated carbocycles. The second kappa shape index (κ2) is 9.88. The van der Waals surface area contributed by atoms with Crippen LogP contribution < -0.4 is 10.3 Å². The summed E-state index contributed by atoms with van der Waals surface area (Å²) in [4.78, 5) is 44.9.